The molecule has 114 valence electrons. The van der Waals surface area contributed by atoms with Crippen molar-refractivity contribution < 1.29 is 0 Å². The van der Waals surface area contributed by atoms with Gasteiger partial charge < -0.3 is 9.97 Å². The summed E-state index contributed by atoms with van der Waals surface area (Å²) in [5, 5.41) is 0. The fraction of sp³-hybridized carbons (Fsp3) is 0. The van der Waals surface area contributed by atoms with Crippen LogP contribution in [0.2, 0.25) is 0 Å². The molecule has 0 unspecified atom stereocenters. The summed E-state index contributed by atoms with van der Waals surface area (Å²) in [6.45, 7) is 0. The normalized spacial score (nSPS) is 10.2. The molecule has 2 N–H and O–H groups in total. The van der Waals surface area contributed by atoms with Gasteiger partial charge in [0.25, 0.3) is 0 Å². The van der Waals surface area contributed by atoms with Crippen LogP contribution in [-0.2, 0) is 0 Å². The molecule has 0 saturated carbocycles. The number of nitrogens with zero attached hydrogens (tertiary/aromatic N) is 2. The predicted octanol–water partition coefficient (Wildman–Crippen LogP) is 3.87. The van der Waals surface area contributed by atoms with Gasteiger partial charge in [0, 0.05) is 11.1 Å². The molecule has 2 aromatic heterocycles. The van der Waals surface area contributed by atoms with Crippen LogP contribution in [0, 0.1) is 11.8 Å². The molecule has 0 aliphatic heterocycles. The number of hydrogen-bond acceptors (Lipinski definition) is 2. The Labute approximate surface area is 139 Å². The molecule has 2 aromatic carbocycles. The Balaban J connectivity index is 1.51. The fourth-order valence-corrected chi connectivity index (χ4v) is 2.44. The predicted molar refractivity (Wildman–Crippen MR) is 94.0 cm³/mol. The highest BCUT2D eigenvalue weighted by Crippen LogP contribution is 2.17. The molecular weight excluding hydrogens is 296 g/mol. The van der Waals surface area contributed by atoms with Gasteiger partial charge in [0.2, 0.25) is 0 Å². The van der Waals surface area contributed by atoms with Gasteiger partial charge in [-0.1, -0.05) is 36.1 Å². The standard InChI is InChI=1S/C20H14N4/c1(15-3-7-17(8-4-15)19-11-21-13-23-19)2-16-5-9-18(10-6-16)20-12-22-14-24-20/h3-14H,(H,21,23)(H,22,24). The molecule has 2 heterocycles. The number of aromatic nitrogens is 4. The maximum absolute atomic E-state index is 4.03. The number of rotatable bonds is 2. The third-order valence-electron chi connectivity index (χ3n) is 3.74. The minimum atomic E-state index is 0.982. The second-order valence-electron chi connectivity index (χ2n) is 5.34. The lowest BCUT2D eigenvalue weighted by Crippen LogP contribution is -1.80. The van der Waals surface area contributed by atoms with Gasteiger partial charge in [-0.25, -0.2) is 9.97 Å². The Morgan fingerprint density at radius 2 is 1.00 bits per heavy atom. The molecule has 4 rings (SSSR count). The van der Waals surface area contributed by atoms with Gasteiger partial charge in [0.1, 0.15) is 0 Å². The summed E-state index contributed by atoms with van der Waals surface area (Å²) in [5.74, 6) is 6.38. The summed E-state index contributed by atoms with van der Waals surface area (Å²) in [6.07, 6.45) is 6.97. The summed E-state index contributed by atoms with van der Waals surface area (Å²) in [5.41, 5.74) is 6.17. The first kappa shape index (κ1) is 14.0. The zero-order valence-electron chi connectivity index (χ0n) is 12.8. The molecule has 4 aromatic rings. The molecule has 0 amide bonds. The highest BCUT2D eigenvalue weighted by Gasteiger charge is 1.99. The van der Waals surface area contributed by atoms with Crippen LogP contribution in [-0.4, -0.2) is 19.9 Å². The summed E-state index contributed by atoms with van der Waals surface area (Å²) in [4.78, 5) is 14.3. The number of hydrogen-bond donors (Lipinski definition) is 2. The smallest absolute Gasteiger partial charge is 0.0924 e. The topological polar surface area (TPSA) is 57.4 Å². The number of imidazole rings is 2. The molecule has 24 heavy (non-hydrogen) atoms. The highest BCUT2D eigenvalue weighted by molar-refractivity contribution is 5.61. The average molecular weight is 310 g/mol. The van der Waals surface area contributed by atoms with Gasteiger partial charge in [-0.3, -0.25) is 0 Å². The first-order chi connectivity index (χ1) is 11.9. The van der Waals surface area contributed by atoms with Crippen molar-refractivity contribution in [1.29, 1.82) is 0 Å². The van der Waals surface area contributed by atoms with Crippen molar-refractivity contribution in [3.63, 3.8) is 0 Å². The Bertz CT molecular complexity index is 887. The van der Waals surface area contributed by atoms with Crippen molar-refractivity contribution in [3.8, 4) is 34.4 Å². The number of H-pyrrole nitrogens is 2. The third kappa shape index (κ3) is 2.96. The maximum Gasteiger partial charge on any atom is 0.0924 e. The second-order valence-corrected chi connectivity index (χ2v) is 5.34. The Hall–Kier alpha value is -3.58. The van der Waals surface area contributed by atoms with E-state index in [4.69, 9.17) is 0 Å². The first-order valence-corrected chi connectivity index (χ1v) is 7.58. The van der Waals surface area contributed by atoms with Crippen molar-refractivity contribution in [3.05, 3.63) is 84.7 Å². The maximum atomic E-state index is 4.03. The van der Waals surface area contributed by atoms with Crippen LogP contribution in [0.5, 0.6) is 0 Å². The molecule has 0 aliphatic carbocycles. The molecule has 4 heteroatoms. The monoisotopic (exact) mass is 310 g/mol. The second kappa shape index (κ2) is 6.27. The van der Waals surface area contributed by atoms with Crippen LogP contribution in [0.25, 0.3) is 22.5 Å². The lowest BCUT2D eigenvalue weighted by Gasteiger charge is -1.98. The van der Waals surface area contributed by atoms with Crippen LogP contribution >= 0.6 is 0 Å². The molecule has 0 spiro atoms. The largest absolute Gasteiger partial charge is 0.345 e. The van der Waals surface area contributed by atoms with Crippen molar-refractivity contribution in [2.75, 3.05) is 0 Å². The first-order valence-electron chi connectivity index (χ1n) is 7.58. The Morgan fingerprint density at radius 1 is 0.583 bits per heavy atom. The Morgan fingerprint density at radius 3 is 1.33 bits per heavy atom. The average Bonchev–Trinajstić information content (AvgIpc) is 3.34. The lowest BCUT2D eigenvalue weighted by atomic mass is 10.1. The van der Waals surface area contributed by atoms with Gasteiger partial charge in [-0.15, -0.1) is 0 Å². The molecule has 0 aliphatic rings. The lowest BCUT2D eigenvalue weighted by molar-refractivity contribution is 1.31. The molecule has 0 atom stereocenters. The number of nitrogens with one attached hydrogen (secondary N) is 2. The zero-order chi connectivity index (χ0) is 16.2. The van der Waals surface area contributed by atoms with Gasteiger partial charge in [-0.05, 0) is 35.4 Å². The summed E-state index contributed by atoms with van der Waals surface area (Å²) >= 11 is 0. The van der Waals surface area contributed by atoms with E-state index in [1.165, 1.54) is 0 Å². The van der Waals surface area contributed by atoms with E-state index in [-0.39, 0.29) is 0 Å². The molecule has 0 radical (unpaired) electrons. The molecular formula is C20H14N4. The summed E-state index contributed by atoms with van der Waals surface area (Å²) < 4.78 is 0. The number of benzene rings is 2. The number of aromatic amines is 2. The van der Waals surface area contributed by atoms with Crippen LogP contribution in [0.4, 0.5) is 0 Å². The minimum absolute atomic E-state index is 0.982. The van der Waals surface area contributed by atoms with Gasteiger partial charge >= 0.3 is 0 Å². The van der Waals surface area contributed by atoms with Crippen LogP contribution < -0.4 is 0 Å². The minimum Gasteiger partial charge on any atom is -0.345 e. The van der Waals surface area contributed by atoms with E-state index in [9.17, 15) is 0 Å². The molecule has 0 fully saturated rings. The van der Waals surface area contributed by atoms with E-state index < -0.39 is 0 Å². The van der Waals surface area contributed by atoms with E-state index in [0.717, 1.165) is 33.6 Å². The summed E-state index contributed by atoms with van der Waals surface area (Å²) in [7, 11) is 0. The van der Waals surface area contributed by atoms with Crippen LogP contribution in [0.1, 0.15) is 11.1 Å². The van der Waals surface area contributed by atoms with E-state index in [2.05, 4.69) is 31.8 Å². The van der Waals surface area contributed by atoms with E-state index in [0.29, 0.717) is 0 Å². The quantitative estimate of drug-likeness (QED) is 0.552. The molecule has 0 saturated heterocycles. The third-order valence-corrected chi connectivity index (χ3v) is 3.74. The van der Waals surface area contributed by atoms with Crippen LogP contribution in [0.3, 0.4) is 0 Å². The molecule has 4 nitrogen and oxygen atoms in total. The highest BCUT2D eigenvalue weighted by atomic mass is 14.9. The molecule has 0 bridgehead atoms. The SMILES string of the molecule is C(#Cc1ccc(-c2cnc[nH]2)cc1)c1ccc(-c2cnc[nH]2)cc1. The van der Waals surface area contributed by atoms with E-state index >= 15 is 0 Å². The van der Waals surface area contributed by atoms with Crippen molar-refractivity contribution in [2.45, 2.75) is 0 Å². The van der Waals surface area contributed by atoms with Gasteiger partial charge in [-0.2, -0.15) is 0 Å². The van der Waals surface area contributed by atoms with Crippen molar-refractivity contribution >= 4 is 0 Å². The Kier molecular flexibility index (Phi) is 3.67. The zero-order valence-corrected chi connectivity index (χ0v) is 12.8. The van der Waals surface area contributed by atoms with E-state index in [1.54, 1.807) is 12.7 Å². The van der Waals surface area contributed by atoms with E-state index in [1.807, 2.05) is 60.9 Å². The van der Waals surface area contributed by atoms with Gasteiger partial charge in [0.15, 0.2) is 0 Å². The van der Waals surface area contributed by atoms with Gasteiger partial charge in [0.05, 0.1) is 36.4 Å². The summed E-state index contributed by atoms with van der Waals surface area (Å²) in [6, 6.07) is 16.2. The van der Waals surface area contributed by atoms with Crippen LogP contribution in [0.15, 0.2) is 73.6 Å². The fourth-order valence-electron chi connectivity index (χ4n) is 2.44. The van der Waals surface area contributed by atoms with Crippen molar-refractivity contribution in [1.82, 2.24) is 19.9 Å². The van der Waals surface area contributed by atoms with Crippen molar-refractivity contribution in [2.24, 2.45) is 0 Å².